The Morgan fingerprint density at radius 1 is 1.14 bits per heavy atom. The first-order chi connectivity index (χ1) is 14.0. The van der Waals surface area contributed by atoms with Gasteiger partial charge < -0.3 is 14.6 Å². The maximum absolute atomic E-state index is 12.5. The van der Waals surface area contributed by atoms with E-state index >= 15 is 0 Å². The Bertz CT molecular complexity index is 1030. The smallest absolute Gasteiger partial charge is 0.421 e. The minimum absolute atomic E-state index is 0.0995. The van der Waals surface area contributed by atoms with Crippen LogP contribution in [0.3, 0.4) is 0 Å². The van der Waals surface area contributed by atoms with Gasteiger partial charge in [-0.3, -0.25) is 5.41 Å². The van der Waals surface area contributed by atoms with Crippen molar-refractivity contribution in [2.45, 2.75) is 6.92 Å². The summed E-state index contributed by atoms with van der Waals surface area (Å²) in [5.41, 5.74) is 0.189. The standard InChI is InChI=1S/C20H18N4O5/c1-2-28-20(27)24(19(21)23-13-14(12-22-23)18(25)26)15-7-6-10-17(11-15)29-16-8-4-3-5-9-16/h3-13,21H,2H2,1H3,(H,25,26). The number of carbonyl (C=O) groups excluding carboxylic acids is 1. The molecule has 2 N–H and O–H groups in total. The molecule has 29 heavy (non-hydrogen) atoms. The monoisotopic (exact) mass is 394 g/mol. The quantitative estimate of drug-likeness (QED) is 0.502. The number of rotatable bonds is 5. The van der Waals surface area contributed by atoms with Crippen LogP contribution in [0.5, 0.6) is 11.5 Å². The van der Waals surface area contributed by atoms with Gasteiger partial charge >= 0.3 is 12.1 Å². The normalized spacial score (nSPS) is 10.2. The fraction of sp³-hybridized carbons (Fsp3) is 0.100. The van der Waals surface area contributed by atoms with Crippen LogP contribution in [0.4, 0.5) is 10.5 Å². The van der Waals surface area contributed by atoms with E-state index in [9.17, 15) is 9.59 Å². The van der Waals surface area contributed by atoms with Gasteiger partial charge in [-0.05, 0) is 31.2 Å². The van der Waals surface area contributed by atoms with Crippen LogP contribution in [0.25, 0.3) is 0 Å². The second-order valence-corrected chi connectivity index (χ2v) is 5.75. The van der Waals surface area contributed by atoms with Crippen LogP contribution in [-0.4, -0.2) is 39.5 Å². The highest BCUT2D eigenvalue weighted by Gasteiger charge is 2.25. The highest BCUT2D eigenvalue weighted by atomic mass is 16.6. The Kier molecular flexibility index (Phi) is 5.88. The summed E-state index contributed by atoms with van der Waals surface area (Å²) in [5, 5.41) is 21.3. The molecule has 0 saturated heterocycles. The van der Waals surface area contributed by atoms with Crippen molar-refractivity contribution in [3.8, 4) is 11.5 Å². The molecule has 0 bridgehead atoms. The third-order valence-electron chi connectivity index (χ3n) is 3.76. The maximum atomic E-state index is 12.5. The number of hydrogen-bond donors (Lipinski definition) is 2. The summed E-state index contributed by atoms with van der Waals surface area (Å²) in [6.45, 7) is 1.74. The third-order valence-corrected chi connectivity index (χ3v) is 3.76. The maximum Gasteiger partial charge on any atom is 0.421 e. The number of carboxylic acids is 1. The lowest BCUT2D eigenvalue weighted by atomic mass is 10.2. The van der Waals surface area contributed by atoms with E-state index < -0.39 is 18.0 Å². The van der Waals surface area contributed by atoms with Crippen LogP contribution in [0.15, 0.2) is 67.0 Å². The minimum atomic E-state index is -1.19. The van der Waals surface area contributed by atoms with Crippen molar-refractivity contribution >= 4 is 23.7 Å². The molecule has 9 nitrogen and oxygen atoms in total. The molecular weight excluding hydrogens is 376 g/mol. The zero-order chi connectivity index (χ0) is 20.8. The third kappa shape index (κ3) is 4.59. The van der Waals surface area contributed by atoms with Gasteiger partial charge in [0.2, 0.25) is 5.96 Å². The molecule has 0 spiro atoms. The number of nitrogens with one attached hydrogen (secondary N) is 1. The largest absolute Gasteiger partial charge is 0.478 e. The summed E-state index contributed by atoms with van der Waals surface area (Å²) in [5.74, 6) is -0.527. The molecule has 3 aromatic rings. The van der Waals surface area contributed by atoms with Gasteiger partial charge in [-0.15, -0.1) is 0 Å². The van der Waals surface area contributed by atoms with Crippen LogP contribution in [-0.2, 0) is 4.74 Å². The predicted octanol–water partition coefficient (Wildman–Crippen LogP) is 3.82. The molecule has 3 rings (SSSR count). The fourth-order valence-corrected chi connectivity index (χ4v) is 2.46. The van der Waals surface area contributed by atoms with Crippen molar-refractivity contribution in [1.82, 2.24) is 9.78 Å². The lowest BCUT2D eigenvalue weighted by Gasteiger charge is -2.22. The van der Waals surface area contributed by atoms with Crippen LogP contribution in [0.2, 0.25) is 0 Å². The number of aromatic carboxylic acids is 1. The van der Waals surface area contributed by atoms with E-state index in [4.69, 9.17) is 20.0 Å². The molecule has 9 heteroatoms. The van der Waals surface area contributed by atoms with E-state index in [1.54, 1.807) is 43.3 Å². The first-order valence-electron chi connectivity index (χ1n) is 8.66. The second-order valence-electron chi connectivity index (χ2n) is 5.75. The molecule has 1 heterocycles. The van der Waals surface area contributed by atoms with E-state index in [-0.39, 0.29) is 12.2 Å². The van der Waals surface area contributed by atoms with E-state index in [0.29, 0.717) is 17.2 Å². The van der Waals surface area contributed by atoms with Crippen LogP contribution < -0.4 is 9.64 Å². The molecule has 1 aromatic heterocycles. The summed E-state index contributed by atoms with van der Waals surface area (Å²) in [6, 6.07) is 15.6. The number of carbonyl (C=O) groups is 2. The van der Waals surface area contributed by atoms with E-state index in [1.165, 1.54) is 0 Å². The fourth-order valence-electron chi connectivity index (χ4n) is 2.46. The van der Waals surface area contributed by atoms with Gasteiger partial charge in [0, 0.05) is 12.3 Å². The Hall–Kier alpha value is -4.14. The Morgan fingerprint density at radius 3 is 2.52 bits per heavy atom. The molecule has 1 amide bonds. The molecule has 0 radical (unpaired) electrons. The van der Waals surface area contributed by atoms with Crippen molar-refractivity contribution in [3.63, 3.8) is 0 Å². The van der Waals surface area contributed by atoms with Crippen LogP contribution in [0.1, 0.15) is 17.3 Å². The predicted molar refractivity (Wildman–Crippen MR) is 105 cm³/mol. The molecule has 2 aromatic carbocycles. The number of ether oxygens (including phenoxy) is 2. The molecule has 0 atom stereocenters. The topological polar surface area (TPSA) is 118 Å². The van der Waals surface area contributed by atoms with Gasteiger partial charge in [-0.2, -0.15) is 5.10 Å². The zero-order valence-corrected chi connectivity index (χ0v) is 15.5. The highest BCUT2D eigenvalue weighted by Crippen LogP contribution is 2.26. The molecule has 0 saturated carbocycles. The second kappa shape index (κ2) is 8.70. The Labute approximate surface area is 166 Å². The first-order valence-corrected chi connectivity index (χ1v) is 8.66. The number of nitrogens with zero attached hydrogens (tertiary/aromatic N) is 3. The van der Waals surface area contributed by atoms with Gasteiger partial charge in [0.05, 0.1) is 24.1 Å². The number of aromatic nitrogens is 2. The molecular formula is C20H18N4O5. The molecule has 148 valence electrons. The van der Waals surface area contributed by atoms with Gasteiger partial charge in [0.25, 0.3) is 0 Å². The average molecular weight is 394 g/mol. The number of hydrogen-bond acceptors (Lipinski definition) is 6. The van der Waals surface area contributed by atoms with E-state index in [1.807, 2.05) is 18.2 Å². The number of amides is 1. The lowest BCUT2D eigenvalue weighted by molar-refractivity contribution is 0.0697. The van der Waals surface area contributed by atoms with Crippen molar-refractivity contribution in [2.75, 3.05) is 11.5 Å². The summed E-state index contributed by atoms with van der Waals surface area (Å²) in [6.07, 6.45) is 1.43. The SMILES string of the molecule is CCOC(=O)N(C(=N)n1cc(C(=O)O)cn1)c1cccc(Oc2ccccc2)c1. The Balaban J connectivity index is 1.94. The minimum Gasteiger partial charge on any atom is -0.478 e. The number of para-hydroxylation sites is 1. The first kappa shape index (κ1) is 19.6. The number of anilines is 1. The van der Waals surface area contributed by atoms with Crippen molar-refractivity contribution in [1.29, 1.82) is 5.41 Å². The number of benzene rings is 2. The summed E-state index contributed by atoms with van der Waals surface area (Å²) in [7, 11) is 0. The lowest BCUT2D eigenvalue weighted by Crippen LogP contribution is -2.41. The zero-order valence-electron chi connectivity index (χ0n) is 15.5. The van der Waals surface area contributed by atoms with Gasteiger partial charge in [0.1, 0.15) is 11.5 Å². The summed E-state index contributed by atoms with van der Waals surface area (Å²) < 4.78 is 11.8. The average Bonchev–Trinajstić information content (AvgIpc) is 3.20. The highest BCUT2D eigenvalue weighted by molar-refractivity contribution is 6.13. The van der Waals surface area contributed by atoms with Gasteiger partial charge in [-0.1, -0.05) is 24.3 Å². The van der Waals surface area contributed by atoms with Crippen LogP contribution in [0, 0.1) is 5.41 Å². The molecule has 0 aliphatic heterocycles. The molecule has 0 fully saturated rings. The van der Waals surface area contributed by atoms with Gasteiger partial charge in [0.15, 0.2) is 0 Å². The summed E-state index contributed by atoms with van der Waals surface area (Å²) in [4.78, 5) is 24.6. The van der Waals surface area contributed by atoms with Crippen molar-refractivity contribution < 1.29 is 24.2 Å². The van der Waals surface area contributed by atoms with Crippen molar-refractivity contribution in [2.24, 2.45) is 0 Å². The molecule has 0 aliphatic carbocycles. The Morgan fingerprint density at radius 2 is 1.86 bits per heavy atom. The molecule has 0 aliphatic rings. The molecule has 0 unspecified atom stereocenters. The van der Waals surface area contributed by atoms with Crippen molar-refractivity contribution in [3.05, 3.63) is 72.6 Å². The van der Waals surface area contributed by atoms with E-state index in [0.717, 1.165) is 22.0 Å². The van der Waals surface area contributed by atoms with Crippen LogP contribution >= 0.6 is 0 Å². The number of carboxylic acid groups (broad SMARTS) is 1. The van der Waals surface area contributed by atoms with Gasteiger partial charge in [-0.25, -0.2) is 19.2 Å². The van der Waals surface area contributed by atoms with E-state index in [2.05, 4.69) is 5.10 Å². The summed E-state index contributed by atoms with van der Waals surface area (Å²) >= 11 is 0.